The Morgan fingerprint density at radius 1 is 1.12 bits per heavy atom. The Bertz CT molecular complexity index is 1010. The standard InChI is InChI=1S/C27H36ClN3O2/c1-25-10-8-18-16(15-27(12-13-27)24-26(18,2)11-9-21(32)31(24)3)17(25)6-7-19(25)23(33)30-20-5-4-14-29-22(20)28/h4-5,14,16-19,24H,6-13,15H2,1-3H3,(H,30,33)/t16?,17-,18?,19+,24?,25-,26+/m0/s1. The van der Waals surface area contributed by atoms with Crippen molar-refractivity contribution in [2.75, 3.05) is 12.4 Å². The Balaban J connectivity index is 1.28. The molecule has 1 aliphatic heterocycles. The molecule has 5 fully saturated rings. The number of nitrogens with one attached hydrogen (secondary N) is 1. The molecule has 1 spiro atoms. The molecule has 1 aromatic rings. The monoisotopic (exact) mass is 469 g/mol. The number of rotatable bonds is 2. The van der Waals surface area contributed by atoms with Crippen molar-refractivity contribution in [2.24, 2.45) is 39.9 Å². The summed E-state index contributed by atoms with van der Waals surface area (Å²) in [6.45, 7) is 4.89. The van der Waals surface area contributed by atoms with Gasteiger partial charge in [0.05, 0.1) is 5.69 Å². The number of carbonyl (C=O) groups excluding carboxylic acids is 2. The van der Waals surface area contributed by atoms with E-state index in [4.69, 9.17) is 11.6 Å². The average Bonchev–Trinajstić information content (AvgIpc) is 3.43. The van der Waals surface area contributed by atoms with Crippen LogP contribution in [0.4, 0.5) is 5.69 Å². The zero-order valence-electron chi connectivity index (χ0n) is 20.1. The van der Waals surface area contributed by atoms with Gasteiger partial charge in [0.2, 0.25) is 11.8 Å². The number of likely N-dealkylation sites (tertiary alicyclic amines) is 1. The molecular formula is C27H36ClN3O2. The molecule has 6 heteroatoms. The van der Waals surface area contributed by atoms with Crippen LogP contribution in [0.5, 0.6) is 0 Å². The molecule has 178 valence electrons. The van der Waals surface area contributed by atoms with Crippen molar-refractivity contribution in [2.45, 2.75) is 77.7 Å². The molecule has 33 heavy (non-hydrogen) atoms. The summed E-state index contributed by atoms with van der Waals surface area (Å²) in [7, 11) is 2.07. The summed E-state index contributed by atoms with van der Waals surface area (Å²) in [5.74, 6) is 2.41. The molecule has 6 rings (SSSR count). The average molecular weight is 470 g/mol. The van der Waals surface area contributed by atoms with E-state index in [1.807, 2.05) is 12.1 Å². The van der Waals surface area contributed by atoms with E-state index in [-0.39, 0.29) is 22.7 Å². The van der Waals surface area contributed by atoms with Crippen molar-refractivity contribution >= 4 is 29.1 Å². The zero-order valence-corrected chi connectivity index (χ0v) is 20.8. The number of carbonyl (C=O) groups is 2. The molecule has 0 bridgehead atoms. The molecule has 7 atom stereocenters. The summed E-state index contributed by atoms with van der Waals surface area (Å²) in [6, 6.07) is 4.05. The number of amides is 2. The minimum absolute atomic E-state index is 0.0241. The highest BCUT2D eigenvalue weighted by Crippen LogP contribution is 2.73. The lowest BCUT2D eigenvalue weighted by Crippen LogP contribution is -2.65. The highest BCUT2D eigenvalue weighted by molar-refractivity contribution is 6.32. The number of piperidine rings is 1. The van der Waals surface area contributed by atoms with Crippen LogP contribution in [-0.4, -0.2) is 34.8 Å². The fourth-order valence-electron chi connectivity index (χ4n) is 9.51. The van der Waals surface area contributed by atoms with E-state index in [2.05, 4.69) is 36.1 Å². The van der Waals surface area contributed by atoms with Crippen LogP contribution in [0.25, 0.3) is 0 Å². The number of hydrogen-bond acceptors (Lipinski definition) is 3. The van der Waals surface area contributed by atoms with Crippen LogP contribution in [0, 0.1) is 39.9 Å². The summed E-state index contributed by atoms with van der Waals surface area (Å²) in [6.07, 6.45) is 11.5. The van der Waals surface area contributed by atoms with Crippen molar-refractivity contribution in [3.63, 3.8) is 0 Å². The molecule has 4 aliphatic carbocycles. The topological polar surface area (TPSA) is 62.3 Å². The van der Waals surface area contributed by atoms with Gasteiger partial charge in [-0.3, -0.25) is 9.59 Å². The largest absolute Gasteiger partial charge is 0.342 e. The molecule has 2 amide bonds. The number of pyridine rings is 1. The second-order valence-corrected chi connectivity index (χ2v) is 12.7. The van der Waals surface area contributed by atoms with Gasteiger partial charge in [-0.05, 0) is 97.5 Å². The SMILES string of the molecule is CN1C(=O)CC[C@]2(C)C3CC[C@]4(C)[C@@H](C(=O)Nc5cccnc5Cl)CC[C@H]4C3CC3(CC3)C12. The van der Waals surface area contributed by atoms with E-state index in [0.717, 1.165) is 25.7 Å². The van der Waals surface area contributed by atoms with Gasteiger partial charge in [-0.25, -0.2) is 4.98 Å². The second-order valence-electron chi connectivity index (χ2n) is 12.4. The molecule has 4 saturated carbocycles. The number of hydrogen-bond donors (Lipinski definition) is 1. The first-order valence-electron chi connectivity index (χ1n) is 12.9. The fraction of sp³-hybridized carbons (Fsp3) is 0.741. The summed E-state index contributed by atoms with van der Waals surface area (Å²) in [5, 5.41) is 3.45. The Morgan fingerprint density at radius 2 is 1.88 bits per heavy atom. The van der Waals surface area contributed by atoms with Gasteiger partial charge >= 0.3 is 0 Å². The van der Waals surface area contributed by atoms with Crippen LogP contribution in [0.2, 0.25) is 5.15 Å². The lowest BCUT2D eigenvalue weighted by Gasteiger charge is -2.64. The van der Waals surface area contributed by atoms with Crippen LogP contribution in [0.15, 0.2) is 18.3 Å². The third kappa shape index (κ3) is 3.00. The lowest BCUT2D eigenvalue weighted by molar-refractivity contribution is -0.173. The molecule has 1 saturated heterocycles. The van der Waals surface area contributed by atoms with Crippen molar-refractivity contribution < 1.29 is 9.59 Å². The van der Waals surface area contributed by atoms with Gasteiger partial charge in [0.1, 0.15) is 0 Å². The summed E-state index contributed by atoms with van der Waals surface area (Å²) >= 11 is 6.23. The highest BCUT2D eigenvalue weighted by Gasteiger charge is 2.70. The van der Waals surface area contributed by atoms with Gasteiger partial charge in [-0.15, -0.1) is 0 Å². The van der Waals surface area contributed by atoms with E-state index < -0.39 is 0 Å². The quantitative estimate of drug-likeness (QED) is 0.578. The molecule has 1 aromatic heterocycles. The molecule has 1 N–H and O–H groups in total. The third-order valence-corrected chi connectivity index (χ3v) is 11.3. The van der Waals surface area contributed by atoms with Gasteiger partial charge < -0.3 is 10.2 Å². The van der Waals surface area contributed by atoms with Crippen LogP contribution in [0.3, 0.4) is 0 Å². The van der Waals surface area contributed by atoms with E-state index in [9.17, 15) is 9.59 Å². The third-order valence-electron chi connectivity index (χ3n) is 11.0. The number of anilines is 1. The highest BCUT2D eigenvalue weighted by atomic mass is 35.5. The van der Waals surface area contributed by atoms with Gasteiger partial charge in [0, 0.05) is 31.6 Å². The normalized spacial score (nSPS) is 43.0. The van der Waals surface area contributed by atoms with E-state index >= 15 is 0 Å². The van der Waals surface area contributed by atoms with E-state index in [1.54, 1.807) is 6.20 Å². The van der Waals surface area contributed by atoms with E-state index in [1.165, 1.54) is 25.7 Å². The zero-order chi connectivity index (χ0) is 23.2. The molecule has 5 aliphatic rings. The van der Waals surface area contributed by atoms with Crippen molar-refractivity contribution in [3.05, 3.63) is 23.5 Å². The predicted molar refractivity (Wildman–Crippen MR) is 129 cm³/mol. The first kappa shape index (κ1) is 21.9. The maximum absolute atomic E-state index is 13.5. The maximum atomic E-state index is 13.5. The molecule has 0 aromatic carbocycles. The first-order chi connectivity index (χ1) is 15.7. The molecule has 0 radical (unpaired) electrons. The number of fused-ring (bicyclic) bond motifs is 6. The Labute approximate surface area is 202 Å². The Morgan fingerprint density at radius 3 is 2.61 bits per heavy atom. The van der Waals surface area contributed by atoms with Gasteiger partial charge in [0.25, 0.3) is 0 Å². The number of aromatic nitrogens is 1. The van der Waals surface area contributed by atoms with Crippen molar-refractivity contribution in [1.29, 1.82) is 0 Å². The smallest absolute Gasteiger partial charge is 0.228 e. The van der Waals surface area contributed by atoms with Gasteiger partial charge in [-0.1, -0.05) is 25.4 Å². The fourth-order valence-corrected chi connectivity index (χ4v) is 9.68. The maximum Gasteiger partial charge on any atom is 0.228 e. The van der Waals surface area contributed by atoms with Gasteiger partial charge in [0.15, 0.2) is 5.15 Å². The second kappa shape index (κ2) is 7.19. The minimum Gasteiger partial charge on any atom is -0.342 e. The van der Waals surface area contributed by atoms with E-state index in [0.29, 0.717) is 52.4 Å². The van der Waals surface area contributed by atoms with Crippen LogP contribution < -0.4 is 5.32 Å². The molecule has 5 nitrogen and oxygen atoms in total. The molecule has 3 unspecified atom stereocenters. The predicted octanol–water partition coefficient (Wildman–Crippen LogP) is 5.54. The van der Waals surface area contributed by atoms with Crippen molar-refractivity contribution in [3.8, 4) is 0 Å². The van der Waals surface area contributed by atoms with Crippen LogP contribution in [-0.2, 0) is 9.59 Å². The summed E-state index contributed by atoms with van der Waals surface area (Å²) < 4.78 is 0. The molecule has 2 heterocycles. The number of halogens is 1. The first-order valence-corrected chi connectivity index (χ1v) is 13.2. The minimum atomic E-state index is 0.0241. The molecular weight excluding hydrogens is 434 g/mol. The lowest BCUT2D eigenvalue weighted by atomic mass is 9.44. The van der Waals surface area contributed by atoms with Crippen LogP contribution in [0.1, 0.15) is 71.6 Å². The summed E-state index contributed by atoms with van der Waals surface area (Å²) in [4.78, 5) is 32.4. The summed E-state index contributed by atoms with van der Waals surface area (Å²) in [5.41, 5.74) is 1.19. The Hall–Kier alpha value is -1.62. The van der Waals surface area contributed by atoms with Crippen molar-refractivity contribution in [1.82, 2.24) is 9.88 Å². The Kier molecular flexibility index (Phi) is 4.77. The number of nitrogens with zero attached hydrogens (tertiary/aromatic N) is 2. The van der Waals surface area contributed by atoms with Crippen LogP contribution >= 0.6 is 11.6 Å². The van der Waals surface area contributed by atoms with Gasteiger partial charge in [-0.2, -0.15) is 0 Å².